The predicted molar refractivity (Wildman–Crippen MR) is 57.8 cm³/mol. The Kier molecular flexibility index (Phi) is 2.65. The minimum absolute atomic E-state index is 0.211. The molecule has 0 saturated carbocycles. The summed E-state index contributed by atoms with van der Waals surface area (Å²) < 4.78 is 1.23. The van der Waals surface area contributed by atoms with Crippen LogP contribution in [-0.2, 0) is 0 Å². The third kappa shape index (κ3) is 2.07. The molecule has 1 amide bonds. The molecule has 0 bridgehead atoms. The van der Waals surface area contributed by atoms with Crippen LogP contribution in [0.4, 0.5) is 10.5 Å². The van der Waals surface area contributed by atoms with Crippen LogP contribution in [0, 0.1) is 11.3 Å². The van der Waals surface area contributed by atoms with E-state index in [0.29, 0.717) is 5.69 Å². The van der Waals surface area contributed by atoms with Gasteiger partial charge in [-0.25, -0.2) is 9.78 Å². The van der Waals surface area contributed by atoms with Gasteiger partial charge in [0.1, 0.15) is 12.4 Å². The number of nitriles is 1. The Bertz CT molecular complexity index is 539. The highest BCUT2D eigenvalue weighted by Crippen LogP contribution is 2.05. The number of benzene rings is 1. The molecule has 1 aromatic heterocycles. The van der Waals surface area contributed by atoms with Crippen molar-refractivity contribution in [2.24, 2.45) is 0 Å². The normalized spacial score (nSPS) is 9.44. The number of rotatable bonds is 1. The number of hydrogen-bond donors (Lipinski definition) is 1. The molecule has 2 aromatic rings. The lowest BCUT2D eigenvalue weighted by Crippen LogP contribution is -2.17. The molecule has 78 valence electrons. The summed E-state index contributed by atoms with van der Waals surface area (Å²) in [5.41, 5.74) is 0.905. The number of nitrogens with one attached hydrogen (secondary N) is 1. The van der Waals surface area contributed by atoms with Crippen molar-refractivity contribution >= 4 is 11.7 Å². The smallest absolute Gasteiger partial charge is 0.307 e. The van der Waals surface area contributed by atoms with Gasteiger partial charge in [0.25, 0.3) is 0 Å². The van der Waals surface area contributed by atoms with Gasteiger partial charge in [-0.05, 0) is 12.1 Å². The standard InChI is InChI=1S/C11H8N4O/c12-6-10-7-15(8-13-10)11(16)14-9-4-2-1-3-5-9/h1-5,7-8H,(H,14,16). The molecule has 16 heavy (non-hydrogen) atoms. The molecule has 0 spiro atoms. The largest absolute Gasteiger partial charge is 0.331 e. The van der Waals surface area contributed by atoms with Crippen molar-refractivity contribution in [1.82, 2.24) is 9.55 Å². The van der Waals surface area contributed by atoms with E-state index in [1.165, 1.54) is 17.1 Å². The Morgan fingerprint density at radius 1 is 1.38 bits per heavy atom. The molecule has 0 radical (unpaired) electrons. The van der Waals surface area contributed by atoms with E-state index >= 15 is 0 Å². The number of nitrogens with zero attached hydrogens (tertiary/aromatic N) is 3. The predicted octanol–water partition coefficient (Wildman–Crippen LogP) is 1.83. The molecule has 0 unspecified atom stereocenters. The first-order valence-electron chi connectivity index (χ1n) is 4.60. The van der Waals surface area contributed by atoms with Crippen LogP contribution in [-0.4, -0.2) is 15.6 Å². The quantitative estimate of drug-likeness (QED) is 0.783. The molecule has 0 aliphatic rings. The number of anilines is 1. The van der Waals surface area contributed by atoms with Crippen LogP contribution in [0.15, 0.2) is 42.9 Å². The Labute approximate surface area is 92.0 Å². The van der Waals surface area contributed by atoms with Gasteiger partial charge in [0.15, 0.2) is 5.69 Å². The number of aromatic nitrogens is 2. The van der Waals surface area contributed by atoms with Crippen LogP contribution >= 0.6 is 0 Å². The zero-order chi connectivity index (χ0) is 11.4. The molecule has 2 rings (SSSR count). The zero-order valence-electron chi connectivity index (χ0n) is 8.29. The number of amides is 1. The van der Waals surface area contributed by atoms with E-state index in [-0.39, 0.29) is 11.7 Å². The lowest BCUT2D eigenvalue weighted by molar-refractivity contribution is 0.253. The van der Waals surface area contributed by atoms with E-state index in [1.807, 2.05) is 24.3 Å². The van der Waals surface area contributed by atoms with Gasteiger partial charge in [-0.2, -0.15) is 5.26 Å². The zero-order valence-corrected chi connectivity index (χ0v) is 8.29. The molecule has 1 heterocycles. The Morgan fingerprint density at radius 3 is 2.75 bits per heavy atom. The molecule has 0 aliphatic heterocycles. The van der Waals surface area contributed by atoms with Crippen LogP contribution in [0.25, 0.3) is 0 Å². The molecule has 0 saturated heterocycles. The lowest BCUT2D eigenvalue weighted by atomic mass is 10.3. The fraction of sp³-hybridized carbons (Fsp3) is 0. The molecule has 1 aromatic carbocycles. The van der Waals surface area contributed by atoms with Gasteiger partial charge < -0.3 is 5.32 Å². The maximum atomic E-state index is 11.6. The second-order valence-corrected chi connectivity index (χ2v) is 3.07. The van der Waals surface area contributed by atoms with Crippen molar-refractivity contribution in [3.63, 3.8) is 0 Å². The number of carbonyl (C=O) groups excluding carboxylic acids is 1. The van der Waals surface area contributed by atoms with Crippen molar-refractivity contribution in [2.75, 3.05) is 5.32 Å². The van der Waals surface area contributed by atoms with E-state index in [0.717, 1.165) is 0 Å². The first-order valence-corrected chi connectivity index (χ1v) is 4.60. The minimum Gasteiger partial charge on any atom is -0.307 e. The maximum Gasteiger partial charge on any atom is 0.331 e. The van der Waals surface area contributed by atoms with Crippen LogP contribution in [0.1, 0.15) is 5.69 Å². The van der Waals surface area contributed by atoms with E-state index in [4.69, 9.17) is 5.26 Å². The number of para-hydroxylation sites is 1. The number of hydrogen-bond acceptors (Lipinski definition) is 3. The summed E-state index contributed by atoms with van der Waals surface area (Å²) in [4.78, 5) is 15.4. The Morgan fingerprint density at radius 2 is 2.12 bits per heavy atom. The lowest BCUT2D eigenvalue weighted by Gasteiger charge is -2.03. The third-order valence-electron chi connectivity index (χ3n) is 1.96. The first-order chi connectivity index (χ1) is 7.79. The van der Waals surface area contributed by atoms with Crippen molar-refractivity contribution in [2.45, 2.75) is 0 Å². The molecule has 0 atom stereocenters. The summed E-state index contributed by atoms with van der Waals surface area (Å²) in [7, 11) is 0. The van der Waals surface area contributed by atoms with Gasteiger partial charge in [-0.15, -0.1) is 0 Å². The SMILES string of the molecule is N#Cc1cn(C(=O)Nc2ccccc2)cn1. The van der Waals surface area contributed by atoms with Crippen LogP contribution in [0.5, 0.6) is 0 Å². The molecule has 0 aliphatic carbocycles. The molecule has 1 N–H and O–H groups in total. The Balaban J connectivity index is 2.12. The van der Waals surface area contributed by atoms with E-state index in [9.17, 15) is 4.79 Å². The van der Waals surface area contributed by atoms with Crippen molar-refractivity contribution in [3.8, 4) is 6.07 Å². The van der Waals surface area contributed by atoms with Gasteiger partial charge in [0.05, 0.1) is 6.20 Å². The van der Waals surface area contributed by atoms with Gasteiger partial charge >= 0.3 is 6.03 Å². The van der Waals surface area contributed by atoms with Crippen LogP contribution < -0.4 is 5.32 Å². The molecular formula is C11H8N4O. The van der Waals surface area contributed by atoms with E-state index in [1.54, 1.807) is 12.1 Å². The third-order valence-corrected chi connectivity index (χ3v) is 1.96. The van der Waals surface area contributed by atoms with Gasteiger partial charge in [0.2, 0.25) is 0 Å². The first kappa shape index (κ1) is 9.93. The monoisotopic (exact) mass is 212 g/mol. The summed E-state index contributed by atoms with van der Waals surface area (Å²) in [6.07, 6.45) is 2.68. The highest BCUT2D eigenvalue weighted by Gasteiger charge is 2.05. The van der Waals surface area contributed by atoms with E-state index in [2.05, 4.69) is 10.3 Å². The average Bonchev–Trinajstić information content (AvgIpc) is 2.79. The van der Waals surface area contributed by atoms with E-state index < -0.39 is 0 Å². The summed E-state index contributed by atoms with van der Waals surface area (Å²) in [6.45, 7) is 0. The van der Waals surface area contributed by atoms with Gasteiger partial charge in [-0.3, -0.25) is 4.57 Å². The summed E-state index contributed by atoms with van der Waals surface area (Å²) >= 11 is 0. The topological polar surface area (TPSA) is 70.7 Å². The summed E-state index contributed by atoms with van der Waals surface area (Å²) in [6, 6.07) is 10.6. The summed E-state index contributed by atoms with van der Waals surface area (Å²) in [5.74, 6) is 0. The molecule has 0 fully saturated rings. The fourth-order valence-corrected chi connectivity index (χ4v) is 1.20. The second-order valence-electron chi connectivity index (χ2n) is 3.07. The average molecular weight is 212 g/mol. The highest BCUT2D eigenvalue weighted by molar-refractivity contribution is 5.90. The molecule has 5 heteroatoms. The maximum absolute atomic E-state index is 11.6. The van der Waals surface area contributed by atoms with Gasteiger partial charge in [0, 0.05) is 5.69 Å². The van der Waals surface area contributed by atoms with Crippen LogP contribution in [0.2, 0.25) is 0 Å². The number of imidazole rings is 1. The van der Waals surface area contributed by atoms with Crippen molar-refractivity contribution < 1.29 is 4.79 Å². The van der Waals surface area contributed by atoms with Crippen molar-refractivity contribution in [3.05, 3.63) is 48.5 Å². The van der Waals surface area contributed by atoms with Crippen molar-refractivity contribution in [1.29, 1.82) is 5.26 Å². The van der Waals surface area contributed by atoms with Crippen LogP contribution in [0.3, 0.4) is 0 Å². The fourth-order valence-electron chi connectivity index (χ4n) is 1.20. The summed E-state index contributed by atoms with van der Waals surface area (Å²) in [5, 5.41) is 11.2. The minimum atomic E-state index is -0.347. The Hall–Kier alpha value is -2.61. The molecular weight excluding hydrogens is 204 g/mol. The molecule has 5 nitrogen and oxygen atoms in total. The second kappa shape index (κ2) is 4.28. The number of carbonyl (C=O) groups is 1. The highest BCUT2D eigenvalue weighted by atomic mass is 16.2. The van der Waals surface area contributed by atoms with Gasteiger partial charge in [-0.1, -0.05) is 18.2 Å².